The van der Waals surface area contributed by atoms with Gasteiger partial charge in [0, 0.05) is 24.6 Å². The van der Waals surface area contributed by atoms with Gasteiger partial charge in [0.25, 0.3) is 5.91 Å². The van der Waals surface area contributed by atoms with Gasteiger partial charge in [0.2, 0.25) is 5.91 Å². The smallest absolute Gasteiger partial charge is 0.405 e. The molecule has 0 bridgehead atoms. The van der Waals surface area contributed by atoms with E-state index >= 15 is 0 Å². The SMILES string of the molecule is C[C@@H]1CC(=O)Nc2cccc(C(=O)NCc3ccccc3OC(F)(F)F)c2N1. The summed E-state index contributed by atoms with van der Waals surface area (Å²) in [6, 6.07) is 10.3. The van der Waals surface area contributed by atoms with Gasteiger partial charge in [0.05, 0.1) is 16.9 Å². The molecule has 148 valence electrons. The molecule has 1 heterocycles. The first kappa shape index (κ1) is 19.5. The van der Waals surface area contributed by atoms with Crippen molar-refractivity contribution in [3.05, 3.63) is 53.6 Å². The monoisotopic (exact) mass is 393 g/mol. The number of ether oxygens (including phenoxy) is 1. The highest BCUT2D eigenvalue weighted by molar-refractivity contribution is 6.06. The van der Waals surface area contributed by atoms with Gasteiger partial charge in [-0.3, -0.25) is 9.59 Å². The second-order valence-corrected chi connectivity index (χ2v) is 6.36. The van der Waals surface area contributed by atoms with E-state index in [1.165, 1.54) is 18.2 Å². The highest BCUT2D eigenvalue weighted by Gasteiger charge is 2.32. The van der Waals surface area contributed by atoms with Crippen molar-refractivity contribution in [3.63, 3.8) is 0 Å². The molecular weight excluding hydrogens is 375 g/mol. The van der Waals surface area contributed by atoms with Crippen LogP contribution in [0.2, 0.25) is 0 Å². The highest BCUT2D eigenvalue weighted by Crippen LogP contribution is 2.30. The van der Waals surface area contributed by atoms with E-state index < -0.39 is 12.3 Å². The standard InChI is InChI=1S/C19H18F3N3O3/c1-11-9-16(26)25-14-7-4-6-13(17(14)24-11)18(27)23-10-12-5-2-3-8-15(12)28-19(20,21)22/h2-8,11,24H,9-10H2,1H3,(H,23,27)(H,25,26)/t11-/m1/s1. The molecular formula is C19H18F3N3O3. The fourth-order valence-electron chi connectivity index (χ4n) is 2.92. The Kier molecular flexibility index (Phi) is 5.43. The van der Waals surface area contributed by atoms with E-state index in [0.717, 1.165) is 0 Å². The molecule has 0 unspecified atom stereocenters. The molecule has 0 radical (unpaired) electrons. The zero-order valence-electron chi connectivity index (χ0n) is 14.9. The Morgan fingerprint density at radius 3 is 2.71 bits per heavy atom. The summed E-state index contributed by atoms with van der Waals surface area (Å²) in [5.74, 6) is -1.04. The van der Waals surface area contributed by atoms with E-state index in [1.807, 2.05) is 6.92 Å². The van der Waals surface area contributed by atoms with Crippen LogP contribution in [0.1, 0.15) is 29.3 Å². The molecule has 0 aliphatic carbocycles. The number of hydrogen-bond acceptors (Lipinski definition) is 4. The third kappa shape index (κ3) is 4.73. The second-order valence-electron chi connectivity index (χ2n) is 6.36. The van der Waals surface area contributed by atoms with Gasteiger partial charge in [-0.25, -0.2) is 0 Å². The van der Waals surface area contributed by atoms with Crippen LogP contribution in [-0.2, 0) is 11.3 Å². The Labute approximate surface area is 159 Å². The zero-order chi connectivity index (χ0) is 20.3. The lowest BCUT2D eigenvalue weighted by molar-refractivity contribution is -0.274. The average Bonchev–Trinajstić information content (AvgIpc) is 2.75. The molecule has 1 atom stereocenters. The lowest BCUT2D eigenvalue weighted by Gasteiger charge is -2.17. The van der Waals surface area contributed by atoms with E-state index in [9.17, 15) is 22.8 Å². The highest BCUT2D eigenvalue weighted by atomic mass is 19.4. The maximum Gasteiger partial charge on any atom is 0.573 e. The quantitative estimate of drug-likeness (QED) is 0.741. The third-order valence-corrected chi connectivity index (χ3v) is 4.10. The summed E-state index contributed by atoms with van der Waals surface area (Å²) < 4.78 is 41.6. The number of alkyl halides is 3. The fourth-order valence-corrected chi connectivity index (χ4v) is 2.92. The van der Waals surface area contributed by atoms with Crippen LogP contribution in [0.15, 0.2) is 42.5 Å². The van der Waals surface area contributed by atoms with Gasteiger partial charge in [-0.1, -0.05) is 24.3 Å². The number of anilines is 2. The minimum Gasteiger partial charge on any atom is -0.405 e. The lowest BCUT2D eigenvalue weighted by Crippen LogP contribution is -2.26. The first-order valence-electron chi connectivity index (χ1n) is 8.54. The van der Waals surface area contributed by atoms with Gasteiger partial charge >= 0.3 is 6.36 Å². The van der Waals surface area contributed by atoms with Crippen molar-refractivity contribution in [2.75, 3.05) is 10.6 Å². The zero-order valence-corrected chi connectivity index (χ0v) is 14.9. The largest absolute Gasteiger partial charge is 0.573 e. The van der Waals surface area contributed by atoms with Crippen molar-refractivity contribution < 1.29 is 27.5 Å². The maximum atomic E-state index is 12.7. The molecule has 28 heavy (non-hydrogen) atoms. The molecule has 2 aromatic carbocycles. The molecule has 6 nitrogen and oxygen atoms in total. The number of carbonyl (C=O) groups excluding carboxylic acids is 2. The number of nitrogens with one attached hydrogen (secondary N) is 3. The van der Waals surface area contributed by atoms with E-state index in [4.69, 9.17) is 0 Å². The number of halogens is 3. The Morgan fingerprint density at radius 2 is 1.96 bits per heavy atom. The van der Waals surface area contributed by atoms with Crippen molar-refractivity contribution in [1.82, 2.24) is 5.32 Å². The molecule has 0 saturated carbocycles. The molecule has 0 saturated heterocycles. The van der Waals surface area contributed by atoms with Crippen LogP contribution in [0.4, 0.5) is 24.5 Å². The Morgan fingerprint density at radius 1 is 1.21 bits per heavy atom. The first-order valence-corrected chi connectivity index (χ1v) is 8.54. The van der Waals surface area contributed by atoms with Crippen molar-refractivity contribution in [1.29, 1.82) is 0 Å². The number of benzene rings is 2. The maximum absolute atomic E-state index is 12.7. The molecule has 2 amide bonds. The van der Waals surface area contributed by atoms with Crippen LogP contribution in [0.5, 0.6) is 5.75 Å². The van der Waals surface area contributed by atoms with Crippen LogP contribution in [0.25, 0.3) is 0 Å². The van der Waals surface area contributed by atoms with Crippen LogP contribution in [-0.4, -0.2) is 24.2 Å². The topological polar surface area (TPSA) is 79.5 Å². The number of carbonyl (C=O) groups is 2. The van der Waals surface area contributed by atoms with E-state index in [1.54, 1.807) is 24.3 Å². The molecule has 0 fully saturated rings. The Balaban J connectivity index is 1.79. The summed E-state index contributed by atoms with van der Waals surface area (Å²) >= 11 is 0. The number of rotatable bonds is 4. The van der Waals surface area contributed by atoms with Crippen LogP contribution >= 0.6 is 0 Å². The van der Waals surface area contributed by atoms with Gasteiger partial charge in [0.1, 0.15) is 5.75 Å². The van der Waals surface area contributed by atoms with Gasteiger partial charge in [-0.2, -0.15) is 0 Å². The van der Waals surface area contributed by atoms with Crippen molar-refractivity contribution in [3.8, 4) is 5.75 Å². The molecule has 0 spiro atoms. The number of fused-ring (bicyclic) bond motifs is 1. The fraction of sp³-hybridized carbons (Fsp3) is 0.263. The van der Waals surface area contributed by atoms with E-state index in [-0.39, 0.29) is 41.8 Å². The summed E-state index contributed by atoms with van der Waals surface area (Å²) in [5.41, 5.74) is 1.41. The molecule has 3 N–H and O–H groups in total. The molecule has 2 aromatic rings. The lowest BCUT2D eigenvalue weighted by atomic mass is 10.1. The van der Waals surface area contributed by atoms with Gasteiger partial charge in [0.15, 0.2) is 0 Å². The first-order chi connectivity index (χ1) is 13.2. The number of hydrogen-bond donors (Lipinski definition) is 3. The molecule has 1 aliphatic heterocycles. The number of para-hydroxylation sites is 2. The second kappa shape index (κ2) is 7.79. The summed E-state index contributed by atoms with van der Waals surface area (Å²) in [7, 11) is 0. The third-order valence-electron chi connectivity index (χ3n) is 4.10. The predicted molar refractivity (Wildman–Crippen MR) is 97.1 cm³/mol. The summed E-state index contributed by atoms with van der Waals surface area (Å²) in [4.78, 5) is 24.5. The Hall–Kier alpha value is -3.23. The molecule has 1 aliphatic rings. The van der Waals surface area contributed by atoms with E-state index in [2.05, 4.69) is 20.7 Å². The summed E-state index contributed by atoms with van der Waals surface area (Å²) in [6.45, 7) is 1.66. The van der Waals surface area contributed by atoms with Crippen LogP contribution < -0.4 is 20.7 Å². The number of amides is 2. The van der Waals surface area contributed by atoms with Crippen molar-refractivity contribution >= 4 is 23.2 Å². The van der Waals surface area contributed by atoms with Crippen molar-refractivity contribution in [2.45, 2.75) is 32.3 Å². The molecule has 9 heteroatoms. The normalized spacial score (nSPS) is 16.3. The van der Waals surface area contributed by atoms with Crippen LogP contribution in [0.3, 0.4) is 0 Å². The molecule has 0 aromatic heterocycles. The van der Waals surface area contributed by atoms with Gasteiger partial charge < -0.3 is 20.7 Å². The van der Waals surface area contributed by atoms with Gasteiger partial charge in [-0.15, -0.1) is 13.2 Å². The van der Waals surface area contributed by atoms with Gasteiger partial charge in [-0.05, 0) is 25.1 Å². The molecule has 3 rings (SSSR count). The minimum absolute atomic E-state index is 0.156. The average molecular weight is 393 g/mol. The van der Waals surface area contributed by atoms with Crippen molar-refractivity contribution in [2.24, 2.45) is 0 Å². The minimum atomic E-state index is -4.82. The summed E-state index contributed by atoms with van der Waals surface area (Å²) in [6.07, 6.45) is -4.58. The van der Waals surface area contributed by atoms with Crippen LogP contribution in [0, 0.1) is 0 Å². The Bertz CT molecular complexity index is 899. The summed E-state index contributed by atoms with van der Waals surface area (Å²) in [5, 5.41) is 8.45. The predicted octanol–water partition coefficient (Wildman–Crippen LogP) is 3.66. The van der Waals surface area contributed by atoms with E-state index in [0.29, 0.717) is 11.4 Å².